The summed E-state index contributed by atoms with van der Waals surface area (Å²) in [5.41, 5.74) is 5.21. The number of nitrogens with one attached hydrogen (secondary N) is 2. The van der Waals surface area contributed by atoms with Gasteiger partial charge in [-0.2, -0.15) is 5.54 Å². The second-order valence-corrected chi connectivity index (χ2v) is 5.48. The molecular formula is C19H29FN2O. The smallest absolute Gasteiger partial charge is 0.0659 e. The number of allylic oxidation sites excluding steroid dienone is 2. The van der Waals surface area contributed by atoms with Gasteiger partial charge in [0.15, 0.2) is 0 Å². The van der Waals surface area contributed by atoms with Gasteiger partial charge in [-0.25, -0.2) is 0 Å². The van der Waals surface area contributed by atoms with Gasteiger partial charge in [-0.1, -0.05) is 55.1 Å². The zero-order valence-electron chi connectivity index (χ0n) is 14.4. The van der Waals surface area contributed by atoms with E-state index in [1.54, 1.807) is 0 Å². The SMILES string of the molecule is C=C(CNF)NC(Cc1ccccc1)C(=C)CO.CC=C(C)C. The van der Waals surface area contributed by atoms with Crippen molar-refractivity contribution in [2.24, 2.45) is 0 Å². The van der Waals surface area contributed by atoms with E-state index in [-0.39, 0.29) is 19.2 Å². The van der Waals surface area contributed by atoms with Gasteiger partial charge in [-0.3, -0.25) is 0 Å². The van der Waals surface area contributed by atoms with Crippen molar-refractivity contribution in [1.82, 2.24) is 10.9 Å². The quantitative estimate of drug-likeness (QED) is 0.505. The monoisotopic (exact) mass is 320 g/mol. The number of benzene rings is 1. The summed E-state index contributed by atoms with van der Waals surface area (Å²) in [6.45, 7) is 13.6. The number of aliphatic hydroxyl groups is 1. The number of hydrogen-bond acceptors (Lipinski definition) is 3. The van der Waals surface area contributed by atoms with E-state index < -0.39 is 0 Å². The van der Waals surface area contributed by atoms with E-state index >= 15 is 0 Å². The lowest BCUT2D eigenvalue weighted by molar-refractivity contribution is 0.316. The van der Waals surface area contributed by atoms with E-state index in [4.69, 9.17) is 5.11 Å². The molecule has 0 saturated heterocycles. The topological polar surface area (TPSA) is 44.3 Å². The normalized spacial score (nSPS) is 10.8. The molecule has 1 rings (SSSR count). The Morgan fingerprint density at radius 3 is 2.26 bits per heavy atom. The second-order valence-electron chi connectivity index (χ2n) is 5.48. The molecule has 0 spiro atoms. The van der Waals surface area contributed by atoms with E-state index in [9.17, 15) is 4.48 Å². The summed E-state index contributed by atoms with van der Waals surface area (Å²) < 4.78 is 12.0. The molecule has 0 saturated carbocycles. The van der Waals surface area contributed by atoms with Gasteiger partial charge >= 0.3 is 0 Å². The highest BCUT2D eigenvalue weighted by molar-refractivity contribution is 5.21. The first-order valence-corrected chi connectivity index (χ1v) is 7.64. The molecule has 0 amide bonds. The van der Waals surface area contributed by atoms with Crippen LogP contribution in [0, 0.1) is 0 Å². The maximum Gasteiger partial charge on any atom is 0.0659 e. The lowest BCUT2D eigenvalue weighted by atomic mass is 10.00. The van der Waals surface area contributed by atoms with E-state index in [1.807, 2.05) is 37.3 Å². The summed E-state index contributed by atoms with van der Waals surface area (Å²) in [7, 11) is 0. The highest BCUT2D eigenvalue weighted by Gasteiger charge is 2.13. The predicted octanol–water partition coefficient (Wildman–Crippen LogP) is 3.70. The van der Waals surface area contributed by atoms with Crippen molar-refractivity contribution in [3.63, 3.8) is 0 Å². The van der Waals surface area contributed by atoms with Crippen LogP contribution < -0.4 is 10.9 Å². The number of aliphatic hydroxyl groups excluding tert-OH is 1. The standard InChI is InChI=1S/C14H19FN2O.C5H10/c1-11(10-18)14(17-12(2)9-16-15)8-13-6-4-3-5-7-13;1-4-5(2)3/h3-7,14,16-18H,1-2,8-10H2;4H,1-3H3. The predicted molar refractivity (Wildman–Crippen MR) is 96.7 cm³/mol. The molecule has 0 bridgehead atoms. The molecule has 1 unspecified atom stereocenters. The van der Waals surface area contributed by atoms with Crippen molar-refractivity contribution >= 4 is 0 Å². The molecule has 0 aliphatic heterocycles. The van der Waals surface area contributed by atoms with E-state index in [2.05, 4.69) is 38.4 Å². The van der Waals surface area contributed by atoms with Gasteiger partial charge in [0, 0.05) is 5.70 Å². The molecular weight excluding hydrogens is 291 g/mol. The Kier molecular flexibility index (Phi) is 11.6. The van der Waals surface area contributed by atoms with Crippen molar-refractivity contribution in [3.8, 4) is 0 Å². The summed E-state index contributed by atoms with van der Waals surface area (Å²) >= 11 is 0. The molecule has 3 N–H and O–H groups in total. The fourth-order valence-corrected chi connectivity index (χ4v) is 1.64. The van der Waals surface area contributed by atoms with E-state index in [1.165, 1.54) is 11.1 Å². The van der Waals surface area contributed by atoms with Gasteiger partial charge in [0.1, 0.15) is 0 Å². The summed E-state index contributed by atoms with van der Waals surface area (Å²) in [5.74, 6) is 0. The highest BCUT2D eigenvalue weighted by atomic mass is 19.2. The molecule has 0 radical (unpaired) electrons. The molecule has 0 aromatic heterocycles. The Morgan fingerprint density at radius 1 is 1.26 bits per heavy atom. The lowest BCUT2D eigenvalue weighted by Gasteiger charge is -2.22. The Labute approximate surface area is 139 Å². The molecule has 23 heavy (non-hydrogen) atoms. The summed E-state index contributed by atoms with van der Waals surface area (Å²) in [4.78, 5) is 0. The Balaban J connectivity index is 0.000000841. The van der Waals surface area contributed by atoms with Gasteiger partial charge in [0.25, 0.3) is 0 Å². The second kappa shape index (κ2) is 12.6. The molecule has 0 aliphatic rings. The van der Waals surface area contributed by atoms with Crippen molar-refractivity contribution in [1.29, 1.82) is 0 Å². The van der Waals surface area contributed by atoms with Crippen molar-refractivity contribution in [2.45, 2.75) is 33.2 Å². The highest BCUT2D eigenvalue weighted by Crippen LogP contribution is 2.10. The first kappa shape index (κ1) is 21.1. The minimum absolute atomic E-state index is 0.0317. The van der Waals surface area contributed by atoms with Crippen molar-refractivity contribution in [3.05, 3.63) is 72.0 Å². The van der Waals surface area contributed by atoms with Gasteiger partial charge in [-0.15, -0.1) is 4.48 Å². The third kappa shape index (κ3) is 10.4. The lowest BCUT2D eigenvalue weighted by Crippen LogP contribution is -2.35. The van der Waals surface area contributed by atoms with E-state index in [0.717, 1.165) is 5.56 Å². The van der Waals surface area contributed by atoms with Gasteiger partial charge in [0.2, 0.25) is 0 Å². The summed E-state index contributed by atoms with van der Waals surface area (Å²) in [6, 6.07) is 9.68. The van der Waals surface area contributed by atoms with Gasteiger partial charge < -0.3 is 10.4 Å². The summed E-state index contributed by atoms with van der Waals surface area (Å²) in [5, 5.41) is 12.2. The fourth-order valence-electron chi connectivity index (χ4n) is 1.64. The van der Waals surface area contributed by atoms with Gasteiger partial charge in [-0.05, 0) is 38.3 Å². The van der Waals surface area contributed by atoms with Crippen LogP contribution in [-0.4, -0.2) is 24.3 Å². The van der Waals surface area contributed by atoms with Crippen LogP contribution in [0.2, 0.25) is 0 Å². The van der Waals surface area contributed by atoms with Gasteiger partial charge in [0.05, 0.1) is 19.2 Å². The molecule has 0 fully saturated rings. The maximum atomic E-state index is 12.0. The minimum Gasteiger partial charge on any atom is -0.392 e. The fraction of sp³-hybridized carbons (Fsp3) is 0.368. The van der Waals surface area contributed by atoms with Crippen LogP contribution in [0.4, 0.5) is 4.48 Å². The Morgan fingerprint density at radius 2 is 1.83 bits per heavy atom. The van der Waals surface area contributed by atoms with Crippen LogP contribution in [0.1, 0.15) is 26.3 Å². The average Bonchev–Trinajstić information content (AvgIpc) is 2.55. The number of rotatable bonds is 8. The minimum atomic E-state index is -0.154. The van der Waals surface area contributed by atoms with Crippen molar-refractivity contribution < 1.29 is 9.59 Å². The molecule has 4 heteroatoms. The van der Waals surface area contributed by atoms with Crippen molar-refractivity contribution in [2.75, 3.05) is 13.2 Å². The molecule has 3 nitrogen and oxygen atoms in total. The maximum absolute atomic E-state index is 12.0. The van der Waals surface area contributed by atoms with Crippen LogP contribution in [0.3, 0.4) is 0 Å². The average molecular weight is 320 g/mol. The third-order valence-electron chi connectivity index (χ3n) is 3.21. The number of halogens is 1. The largest absolute Gasteiger partial charge is 0.392 e. The van der Waals surface area contributed by atoms with Crippen LogP contribution in [0.5, 0.6) is 0 Å². The van der Waals surface area contributed by atoms with Crippen LogP contribution in [0.15, 0.2) is 66.4 Å². The first-order chi connectivity index (χ1) is 10.9. The Bertz CT molecular complexity index is 493. The zero-order valence-corrected chi connectivity index (χ0v) is 14.4. The third-order valence-corrected chi connectivity index (χ3v) is 3.21. The molecule has 0 aliphatic carbocycles. The zero-order chi connectivity index (χ0) is 17.7. The molecule has 1 aromatic rings. The van der Waals surface area contributed by atoms with Crippen LogP contribution in [-0.2, 0) is 6.42 Å². The first-order valence-electron chi connectivity index (χ1n) is 7.64. The number of hydrogen-bond donors (Lipinski definition) is 3. The molecule has 0 heterocycles. The molecule has 1 aromatic carbocycles. The van der Waals surface area contributed by atoms with E-state index in [0.29, 0.717) is 17.7 Å². The molecule has 1 atom stereocenters. The summed E-state index contributed by atoms with van der Waals surface area (Å²) in [6.07, 6.45) is 2.76. The van der Waals surface area contributed by atoms with Crippen LogP contribution in [0.25, 0.3) is 0 Å². The Hall–Kier alpha value is -1.91. The van der Waals surface area contributed by atoms with Crippen LogP contribution >= 0.6 is 0 Å². The molecule has 128 valence electrons.